The summed E-state index contributed by atoms with van der Waals surface area (Å²) in [4.78, 5) is 34.1. The van der Waals surface area contributed by atoms with Gasteiger partial charge in [0.1, 0.15) is 0 Å². The highest BCUT2D eigenvalue weighted by Crippen LogP contribution is 2.42. The Morgan fingerprint density at radius 2 is 1.52 bits per heavy atom. The molecule has 1 aromatic carbocycles. The lowest BCUT2D eigenvalue weighted by atomic mass is 10.1. The molecule has 1 aromatic heterocycles. The summed E-state index contributed by atoms with van der Waals surface area (Å²) in [5.74, 6) is 0.597. The lowest BCUT2D eigenvalue weighted by Crippen LogP contribution is -2.09. The summed E-state index contributed by atoms with van der Waals surface area (Å²) in [6, 6.07) is 4.78. The normalized spacial score (nSPS) is 15.2. The minimum atomic E-state index is -0.485. The standard InChI is InChI=1S/C15H14N6O4/c1-9-2-3-10(11(8-9)20(22)23)13-16-14(18-4-5-18)12(21(24)25)15(17-13)19-6-7-19/h2-3,8H,4-7H2,1H3. The summed E-state index contributed by atoms with van der Waals surface area (Å²) in [7, 11) is 0. The summed E-state index contributed by atoms with van der Waals surface area (Å²) in [5, 5.41) is 22.9. The monoisotopic (exact) mass is 342 g/mol. The van der Waals surface area contributed by atoms with Crippen molar-refractivity contribution in [3.63, 3.8) is 0 Å². The molecule has 0 aliphatic carbocycles. The lowest BCUT2D eigenvalue weighted by Gasteiger charge is -2.11. The summed E-state index contributed by atoms with van der Waals surface area (Å²) in [5.41, 5.74) is 0.766. The fourth-order valence-electron chi connectivity index (χ4n) is 2.66. The van der Waals surface area contributed by atoms with Gasteiger partial charge in [0, 0.05) is 32.2 Å². The van der Waals surface area contributed by atoms with Crippen molar-refractivity contribution in [2.24, 2.45) is 0 Å². The zero-order chi connectivity index (χ0) is 17.7. The third-order valence-corrected chi connectivity index (χ3v) is 4.11. The fourth-order valence-corrected chi connectivity index (χ4v) is 2.66. The first-order valence-corrected chi connectivity index (χ1v) is 7.77. The van der Waals surface area contributed by atoms with Gasteiger partial charge in [0.25, 0.3) is 5.69 Å². The van der Waals surface area contributed by atoms with Gasteiger partial charge in [-0.2, -0.15) is 0 Å². The van der Waals surface area contributed by atoms with Gasteiger partial charge in [0.2, 0.25) is 11.6 Å². The molecular weight excluding hydrogens is 328 g/mol. The number of anilines is 2. The fraction of sp³-hybridized carbons (Fsp3) is 0.333. The van der Waals surface area contributed by atoms with Crippen molar-refractivity contribution in [3.05, 3.63) is 44.0 Å². The molecule has 2 fully saturated rings. The van der Waals surface area contributed by atoms with E-state index in [1.807, 2.05) is 0 Å². The van der Waals surface area contributed by atoms with E-state index in [4.69, 9.17) is 0 Å². The smallest absolute Gasteiger partial charge is 0.347 e. The van der Waals surface area contributed by atoms with Crippen LogP contribution in [0.25, 0.3) is 11.4 Å². The first-order chi connectivity index (χ1) is 12.0. The molecule has 2 aliphatic rings. The number of nitro groups is 2. The molecule has 0 atom stereocenters. The second-order valence-electron chi connectivity index (χ2n) is 6.05. The average molecular weight is 342 g/mol. The van der Waals surface area contributed by atoms with Gasteiger partial charge in [-0.3, -0.25) is 20.2 Å². The SMILES string of the molecule is Cc1ccc(-c2nc(N3CC3)c([N+](=O)[O-])c(N3CC3)n2)c([N+](=O)[O-])c1. The Balaban J connectivity index is 1.95. The molecule has 0 amide bonds. The van der Waals surface area contributed by atoms with Gasteiger partial charge in [-0.25, -0.2) is 9.97 Å². The van der Waals surface area contributed by atoms with E-state index in [2.05, 4.69) is 9.97 Å². The Bertz CT molecular complexity index is 874. The van der Waals surface area contributed by atoms with Crippen LogP contribution < -0.4 is 9.80 Å². The van der Waals surface area contributed by atoms with Gasteiger partial charge in [-0.1, -0.05) is 6.07 Å². The predicted octanol–water partition coefficient (Wildman–Crippen LogP) is 1.91. The van der Waals surface area contributed by atoms with Crippen molar-refractivity contribution in [1.29, 1.82) is 0 Å². The Morgan fingerprint density at radius 1 is 0.960 bits per heavy atom. The highest BCUT2D eigenvalue weighted by atomic mass is 16.6. The van der Waals surface area contributed by atoms with Crippen LogP contribution in [0.15, 0.2) is 18.2 Å². The second kappa shape index (κ2) is 5.36. The molecule has 2 aromatic rings. The summed E-state index contributed by atoms with van der Waals surface area (Å²) < 4.78 is 0. The highest BCUT2D eigenvalue weighted by molar-refractivity contribution is 5.80. The van der Waals surface area contributed by atoms with Crippen LogP contribution in [-0.4, -0.2) is 46.0 Å². The van der Waals surface area contributed by atoms with E-state index in [1.165, 1.54) is 6.07 Å². The molecule has 10 nitrogen and oxygen atoms in total. The van der Waals surface area contributed by atoms with E-state index in [1.54, 1.807) is 28.9 Å². The largest absolute Gasteiger partial charge is 0.353 e. The first kappa shape index (κ1) is 15.2. The maximum atomic E-state index is 11.5. The van der Waals surface area contributed by atoms with E-state index in [0.29, 0.717) is 26.2 Å². The predicted molar refractivity (Wildman–Crippen MR) is 89.9 cm³/mol. The molecule has 0 unspecified atom stereocenters. The minimum absolute atomic E-state index is 0.109. The van der Waals surface area contributed by atoms with Crippen molar-refractivity contribution in [2.45, 2.75) is 6.92 Å². The van der Waals surface area contributed by atoms with Crippen LogP contribution in [0.4, 0.5) is 23.0 Å². The van der Waals surface area contributed by atoms with Crippen molar-refractivity contribution in [3.8, 4) is 11.4 Å². The van der Waals surface area contributed by atoms with Crippen molar-refractivity contribution >= 4 is 23.0 Å². The van der Waals surface area contributed by atoms with Crippen LogP contribution in [0.2, 0.25) is 0 Å². The zero-order valence-corrected chi connectivity index (χ0v) is 13.4. The van der Waals surface area contributed by atoms with Gasteiger partial charge >= 0.3 is 5.69 Å². The molecule has 0 bridgehead atoms. The molecule has 25 heavy (non-hydrogen) atoms. The Labute approximate surface area is 142 Å². The molecule has 0 spiro atoms. The van der Waals surface area contributed by atoms with Crippen molar-refractivity contribution in [2.75, 3.05) is 36.0 Å². The van der Waals surface area contributed by atoms with Gasteiger partial charge in [-0.15, -0.1) is 0 Å². The number of nitrogens with zero attached hydrogens (tertiary/aromatic N) is 6. The molecule has 2 aliphatic heterocycles. The Hall–Kier alpha value is -3.30. The lowest BCUT2D eigenvalue weighted by molar-refractivity contribution is -0.384. The molecule has 10 heteroatoms. The maximum Gasteiger partial charge on any atom is 0.353 e. The third-order valence-electron chi connectivity index (χ3n) is 4.11. The van der Waals surface area contributed by atoms with E-state index >= 15 is 0 Å². The van der Waals surface area contributed by atoms with Crippen LogP contribution >= 0.6 is 0 Å². The zero-order valence-electron chi connectivity index (χ0n) is 13.4. The van der Waals surface area contributed by atoms with Crippen molar-refractivity contribution < 1.29 is 9.85 Å². The van der Waals surface area contributed by atoms with Gasteiger partial charge in [0.15, 0.2) is 5.82 Å². The van der Waals surface area contributed by atoms with Gasteiger partial charge in [-0.05, 0) is 18.6 Å². The Kier molecular flexibility index (Phi) is 3.27. The van der Waals surface area contributed by atoms with Crippen LogP contribution in [0.5, 0.6) is 0 Å². The topological polar surface area (TPSA) is 118 Å². The molecule has 0 saturated carbocycles. The van der Waals surface area contributed by atoms with Crippen LogP contribution in [0, 0.1) is 27.2 Å². The Morgan fingerprint density at radius 3 is 1.96 bits per heavy atom. The number of aromatic nitrogens is 2. The summed E-state index contributed by atoms with van der Waals surface area (Å²) in [6.07, 6.45) is 0. The number of benzene rings is 1. The molecule has 3 heterocycles. The minimum Gasteiger partial charge on any atom is -0.347 e. The maximum absolute atomic E-state index is 11.5. The third kappa shape index (κ3) is 2.71. The molecule has 4 rings (SSSR count). The van der Waals surface area contributed by atoms with E-state index in [0.717, 1.165) is 5.56 Å². The second-order valence-corrected chi connectivity index (χ2v) is 6.05. The van der Waals surface area contributed by atoms with E-state index < -0.39 is 9.85 Å². The van der Waals surface area contributed by atoms with Gasteiger partial charge in [0.05, 0.1) is 15.4 Å². The average Bonchev–Trinajstić information content (AvgIpc) is 3.47. The molecule has 128 valence electrons. The van der Waals surface area contributed by atoms with Crippen LogP contribution in [0.3, 0.4) is 0 Å². The number of nitro benzene ring substituents is 1. The highest BCUT2D eigenvalue weighted by Gasteiger charge is 2.38. The summed E-state index contributed by atoms with van der Waals surface area (Å²) >= 11 is 0. The molecule has 0 N–H and O–H groups in total. The van der Waals surface area contributed by atoms with Gasteiger partial charge < -0.3 is 9.80 Å². The van der Waals surface area contributed by atoms with Crippen molar-refractivity contribution in [1.82, 2.24) is 9.97 Å². The molecular formula is C15H14N6O4. The number of rotatable bonds is 5. The van der Waals surface area contributed by atoms with Crippen LogP contribution in [0.1, 0.15) is 5.56 Å². The van der Waals surface area contributed by atoms with E-state index in [9.17, 15) is 20.2 Å². The first-order valence-electron chi connectivity index (χ1n) is 7.77. The van der Waals surface area contributed by atoms with Crippen LogP contribution in [-0.2, 0) is 0 Å². The number of aryl methyl sites for hydroxylation is 1. The quantitative estimate of drug-likeness (QED) is 0.459. The number of hydrogen-bond donors (Lipinski definition) is 0. The molecule has 0 radical (unpaired) electrons. The summed E-state index contributed by atoms with van der Waals surface area (Å²) in [6.45, 7) is 4.45. The molecule has 2 saturated heterocycles. The number of hydrogen-bond acceptors (Lipinski definition) is 8. The van der Waals surface area contributed by atoms with E-state index in [-0.39, 0.29) is 34.4 Å².